The van der Waals surface area contributed by atoms with E-state index in [9.17, 15) is 0 Å². The zero-order chi connectivity index (χ0) is 26.1. The van der Waals surface area contributed by atoms with Crippen LogP contribution in [-0.2, 0) is 5.41 Å². The van der Waals surface area contributed by atoms with Gasteiger partial charge in [0.25, 0.3) is 0 Å². The Hall–Kier alpha value is -4.40. The number of nitrogens with one attached hydrogen (secondary N) is 1. The summed E-state index contributed by atoms with van der Waals surface area (Å²) in [6.07, 6.45) is 0. The maximum Gasteiger partial charge on any atom is 0.0470 e. The molecule has 1 nitrogen and oxygen atoms in total. The Morgan fingerprint density at radius 1 is 0.564 bits per heavy atom. The van der Waals surface area contributed by atoms with Crippen molar-refractivity contribution in [2.75, 3.05) is 5.32 Å². The Morgan fingerprint density at radius 2 is 1.28 bits per heavy atom. The zero-order valence-corrected chi connectivity index (χ0v) is 22.8. The van der Waals surface area contributed by atoms with Crippen LogP contribution in [0.15, 0.2) is 121 Å². The van der Waals surface area contributed by atoms with E-state index in [-0.39, 0.29) is 5.41 Å². The van der Waals surface area contributed by atoms with E-state index < -0.39 is 0 Å². The second kappa shape index (κ2) is 8.30. The SMILES string of the molecule is CC1(C)c2ccccc2-c2ccc(Nc3cc(-c4cccc5sc6ccccc6c45)cc4ccccc34)cc21. The molecule has 0 atom stereocenters. The summed E-state index contributed by atoms with van der Waals surface area (Å²) in [6.45, 7) is 4.67. The lowest BCUT2D eigenvalue weighted by atomic mass is 9.82. The molecule has 0 aliphatic heterocycles. The van der Waals surface area contributed by atoms with E-state index in [1.807, 2.05) is 11.3 Å². The van der Waals surface area contributed by atoms with Gasteiger partial charge in [-0.05, 0) is 75.2 Å². The molecule has 1 heterocycles. The molecule has 1 aliphatic rings. The molecule has 1 aliphatic carbocycles. The van der Waals surface area contributed by atoms with Crippen molar-refractivity contribution in [1.82, 2.24) is 0 Å². The molecule has 0 saturated heterocycles. The molecule has 8 rings (SSSR count). The molecule has 6 aromatic carbocycles. The van der Waals surface area contributed by atoms with Gasteiger partial charge in [0.2, 0.25) is 0 Å². The van der Waals surface area contributed by atoms with Crippen molar-refractivity contribution in [3.63, 3.8) is 0 Å². The number of benzene rings is 6. The van der Waals surface area contributed by atoms with E-state index in [4.69, 9.17) is 0 Å². The van der Waals surface area contributed by atoms with Crippen LogP contribution in [0.2, 0.25) is 0 Å². The van der Waals surface area contributed by atoms with Crippen molar-refractivity contribution in [3.8, 4) is 22.3 Å². The van der Waals surface area contributed by atoms with Gasteiger partial charge >= 0.3 is 0 Å². The highest BCUT2D eigenvalue weighted by Crippen LogP contribution is 2.49. The van der Waals surface area contributed by atoms with Crippen LogP contribution in [-0.4, -0.2) is 0 Å². The lowest BCUT2D eigenvalue weighted by Gasteiger charge is -2.22. The van der Waals surface area contributed by atoms with Crippen LogP contribution < -0.4 is 5.32 Å². The molecule has 186 valence electrons. The van der Waals surface area contributed by atoms with Crippen molar-refractivity contribution in [2.24, 2.45) is 0 Å². The highest BCUT2D eigenvalue weighted by atomic mass is 32.1. The lowest BCUT2D eigenvalue weighted by molar-refractivity contribution is 0.660. The highest BCUT2D eigenvalue weighted by Gasteiger charge is 2.35. The molecule has 7 aromatic rings. The second-order valence-corrected chi connectivity index (χ2v) is 12.2. The molecule has 0 radical (unpaired) electrons. The van der Waals surface area contributed by atoms with Crippen molar-refractivity contribution in [1.29, 1.82) is 0 Å². The summed E-state index contributed by atoms with van der Waals surface area (Å²) in [5.41, 5.74) is 10.2. The summed E-state index contributed by atoms with van der Waals surface area (Å²) >= 11 is 1.87. The topological polar surface area (TPSA) is 12.0 Å². The van der Waals surface area contributed by atoms with E-state index in [1.165, 1.54) is 64.3 Å². The largest absolute Gasteiger partial charge is 0.355 e. The third-order valence-corrected chi connectivity index (χ3v) is 9.57. The first kappa shape index (κ1) is 22.6. The van der Waals surface area contributed by atoms with Crippen LogP contribution in [0.5, 0.6) is 0 Å². The molecule has 2 heteroatoms. The summed E-state index contributed by atoms with van der Waals surface area (Å²) in [4.78, 5) is 0. The lowest BCUT2D eigenvalue weighted by Crippen LogP contribution is -2.15. The Kier molecular flexibility index (Phi) is 4.80. The zero-order valence-electron chi connectivity index (χ0n) is 22.0. The maximum atomic E-state index is 3.83. The average Bonchev–Trinajstić information content (AvgIpc) is 3.46. The molecule has 0 fully saturated rings. The first-order valence-electron chi connectivity index (χ1n) is 13.5. The molecular formula is C37H27NS. The molecule has 1 aromatic heterocycles. The summed E-state index contributed by atoms with van der Waals surface area (Å²) in [7, 11) is 0. The van der Waals surface area contributed by atoms with Crippen LogP contribution >= 0.6 is 11.3 Å². The number of thiophene rings is 1. The van der Waals surface area contributed by atoms with Crippen molar-refractivity contribution in [3.05, 3.63) is 132 Å². The minimum atomic E-state index is -0.0246. The summed E-state index contributed by atoms with van der Waals surface area (Å²) < 4.78 is 2.66. The first-order chi connectivity index (χ1) is 19.1. The van der Waals surface area contributed by atoms with Gasteiger partial charge in [-0.1, -0.05) is 98.8 Å². The minimum absolute atomic E-state index is 0.0246. The average molecular weight is 518 g/mol. The standard InChI is InChI=1S/C37H27NS/c1-37(2)31-15-7-5-12-28(31)29-19-18-25(22-32(29)37)38-33-21-24(20-23-10-3-4-11-26(23)33)27-14-9-17-35-36(27)30-13-6-8-16-34(30)39-35/h3-22,38H,1-2H3. The number of hydrogen-bond acceptors (Lipinski definition) is 2. The van der Waals surface area contributed by atoms with Crippen molar-refractivity contribution in [2.45, 2.75) is 19.3 Å². The van der Waals surface area contributed by atoms with E-state index >= 15 is 0 Å². The molecule has 0 unspecified atom stereocenters. The number of fused-ring (bicyclic) bond motifs is 7. The fraction of sp³-hybridized carbons (Fsp3) is 0.0811. The molecule has 0 saturated carbocycles. The van der Waals surface area contributed by atoms with Gasteiger partial charge in [0.15, 0.2) is 0 Å². The van der Waals surface area contributed by atoms with Crippen LogP contribution in [0, 0.1) is 0 Å². The Morgan fingerprint density at radius 3 is 2.21 bits per heavy atom. The highest BCUT2D eigenvalue weighted by molar-refractivity contribution is 7.25. The third-order valence-electron chi connectivity index (χ3n) is 8.44. The van der Waals surface area contributed by atoms with E-state index in [0.29, 0.717) is 0 Å². The van der Waals surface area contributed by atoms with Gasteiger partial charge in [-0.15, -0.1) is 11.3 Å². The molecule has 0 bridgehead atoms. The van der Waals surface area contributed by atoms with Gasteiger partial charge in [-0.25, -0.2) is 0 Å². The van der Waals surface area contributed by atoms with Gasteiger partial charge in [0.05, 0.1) is 0 Å². The van der Waals surface area contributed by atoms with Gasteiger partial charge < -0.3 is 5.32 Å². The predicted molar refractivity (Wildman–Crippen MR) is 170 cm³/mol. The minimum Gasteiger partial charge on any atom is -0.355 e. The molecule has 39 heavy (non-hydrogen) atoms. The summed E-state index contributed by atoms with van der Waals surface area (Å²) in [5.74, 6) is 0. The summed E-state index contributed by atoms with van der Waals surface area (Å²) in [6, 6.07) is 44.5. The quantitative estimate of drug-likeness (QED) is 0.246. The van der Waals surface area contributed by atoms with Gasteiger partial charge in [0.1, 0.15) is 0 Å². The van der Waals surface area contributed by atoms with E-state index in [1.54, 1.807) is 0 Å². The van der Waals surface area contributed by atoms with Gasteiger partial charge in [0, 0.05) is 42.3 Å². The van der Waals surface area contributed by atoms with Crippen molar-refractivity contribution >= 4 is 53.7 Å². The Labute approximate surface area is 232 Å². The Bertz CT molecular complexity index is 2080. The Balaban J connectivity index is 1.29. The normalized spacial score (nSPS) is 13.6. The van der Waals surface area contributed by atoms with E-state index in [0.717, 1.165) is 11.4 Å². The van der Waals surface area contributed by atoms with Crippen LogP contribution in [0.3, 0.4) is 0 Å². The first-order valence-corrected chi connectivity index (χ1v) is 14.3. The molecule has 0 spiro atoms. The molecular weight excluding hydrogens is 490 g/mol. The summed E-state index contributed by atoms with van der Waals surface area (Å²) in [5, 5.41) is 8.97. The number of hydrogen-bond donors (Lipinski definition) is 1. The third kappa shape index (κ3) is 3.38. The smallest absolute Gasteiger partial charge is 0.0470 e. The second-order valence-electron chi connectivity index (χ2n) is 11.1. The van der Waals surface area contributed by atoms with Crippen LogP contribution in [0.4, 0.5) is 11.4 Å². The monoisotopic (exact) mass is 517 g/mol. The molecule has 1 N–H and O–H groups in total. The number of anilines is 2. The maximum absolute atomic E-state index is 3.83. The fourth-order valence-electron chi connectivity index (χ4n) is 6.52. The number of rotatable bonds is 3. The van der Waals surface area contributed by atoms with E-state index in [2.05, 4.69) is 140 Å². The van der Waals surface area contributed by atoms with Crippen LogP contribution in [0.1, 0.15) is 25.0 Å². The fourth-order valence-corrected chi connectivity index (χ4v) is 7.65. The molecule has 0 amide bonds. The predicted octanol–water partition coefficient (Wildman–Crippen LogP) is 10.9. The van der Waals surface area contributed by atoms with Gasteiger partial charge in [-0.2, -0.15) is 0 Å². The van der Waals surface area contributed by atoms with Crippen molar-refractivity contribution < 1.29 is 0 Å². The van der Waals surface area contributed by atoms with Crippen LogP contribution in [0.25, 0.3) is 53.2 Å². The van der Waals surface area contributed by atoms with Gasteiger partial charge in [-0.3, -0.25) is 0 Å².